The molecule has 0 aromatic carbocycles. The summed E-state index contributed by atoms with van der Waals surface area (Å²) in [4.78, 5) is 24.7. The lowest BCUT2D eigenvalue weighted by Crippen LogP contribution is -2.20. The highest BCUT2D eigenvalue weighted by molar-refractivity contribution is 9.09. The summed E-state index contributed by atoms with van der Waals surface area (Å²) in [6.45, 7) is 1.85. The third kappa shape index (κ3) is 4.24. The number of carbonyl (C=O) groups is 1. The maximum absolute atomic E-state index is 11.7. The molecule has 0 fully saturated rings. The molecule has 4 N–H and O–H groups in total. The molecule has 0 aliphatic heterocycles. The molecule has 0 aliphatic rings. The number of thiol groups is 1. The average Bonchev–Trinajstić information content (AvgIpc) is 2.45. The van der Waals surface area contributed by atoms with Crippen LogP contribution in [0.1, 0.15) is 16.2 Å². The Morgan fingerprint density at radius 3 is 2.67 bits per heavy atom. The molecule has 110 valence electrons. The number of rotatable bonds is 4. The van der Waals surface area contributed by atoms with Crippen LogP contribution in [0.15, 0.2) is 29.4 Å². The molecule has 6 nitrogen and oxygen atoms in total. The minimum Gasteiger partial charge on any atom is -0.291 e. The van der Waals surface area contributed by atoms with E-state index in [1.54, 1.807) is 24.3 Å². The number of aromatic nitrogens is 3. The smallest absolute Gasteiger partial charge is 0.191 e. The molecular weight excluding hydrogens is 354 g/mol. The number of nitrogens with two attached hydrogens (primary N) is 2. The van der Waals surface area contributed by atoms with Crippen molar-refractivity contribution in [3.8, 4) is 11.4 Å². The summed E-state index contributed by atoms with van der Waals surface area (Å²) in [5.74, 6) is -0.0829. The number of alkyl halides is 1. The van der Waals surface area contributed by atoms with Crippen LogP contribution < -0.4 is 11.5 Å². The fourth-order valence-electron chi connectivity index (χ4n) is 1.65. The number of ketones is 1. The van der Waals surface area contributed by atoms with Gasteiger partial charge in [-0.05, 0) is 25.1 Å². The van der Waals surface area contributed by atoms with Crippen molar-refractivity contribution < 1.29 is 4.79 Å². The largest absolute Gasteiger partial charge is 0.291 e. The highest BCUT2D eigenvalue weighted by Gasteiger charge is 2.09. The van der Waals surface area contributed by atoms with Crippen LogP contribution >= 0.6 is 27.3 Å². The zero-order valence-electron chi connectivity index (χ0n) is 11.2. The van der Waals surface area contributed by atoms with Gasteiger partial charge in [0.15, 0.2) is 10.9 Å². The van der Waals surface area contributed by atoms with E-state index in [0.29, 0.717) is 33.6 Å². The van der Waals surface area contributed by atoms with Gasteiger partial charge in [-0.1, -0.05) is 22.0 Å². The minimum absolute atomic E-state index is 0.0829. The number of pyridine rings is 1. The summed E-state index contributed by atoms with van der Waals surface area (Å²) in [6.07, 6.45) is 0. The predicted octanol–water partition coefficient (Wildman–Crippen LogP) is 1.25. The van der Waals surface area contributed by atoms with Gasteiger partial charge in [0.1, 0.15) is 5.69 Å². The SMILES string of the molecule is Cc1cc(-c2cccc(C(=O)CBr)n2)nc([SH]=C(N)N)n1. The van der Waals surface area contributed by atoms with E-state index in [-0.39, 0.29) is 16.2 Å². The van der Waals surface area contributed by atoms with E-state index in [1.165, 1.54) is 0 Å². The highest BCUT2D eigenvalue weighted by atomic mass is 79.9. The molecule has 2 heterocycles. The van der Waals surface area contributed by atoms with Crippen LogP contribution in [0.4, 0.5) is 0 Å². The van der Waals surface area contributed by atoms with Gasteiger partial charge in [0.2, 0.25) is 0 Å². The van der Waals surface area contributed by atoms with Gasteiger partial charge in [-0.15, -0.1) is 11.4 Å². The van der Waals surface area contributed by atoms with Gasteiger partial charge in [0.05, 0.1) is 21.8 Å². The van der Waals surface area contributed by atoms with Gasteiger partial charge < -0.3 is 0 Å². The van der Waals surface area contributed by atoms with E-state index in [9.17, 15) is 4.79 Å². The van der Waals surface area contributed by atoms with Crippen molar-refractivity contribution >= 4 is 38.2 Å². The molecule has 0 spiro atoms. The Bertz CT molecular complexity index is 715. The Balaban J connectivity index is 2.49. The Kier molecular flexibility index (Phi) is 5.29. The first kappa shape index (κ1) is 15.9. The molecule has 0 saturated carbocycles. The number of hydrogen-bond donors (Lipinski definition) is 3. The molecule has 0 atom stereocenters. The first-order valence-corrected chi connectivity index (χ1v) is 8.03. The molecule has 8 heteroatoms. The molecule has 0 amide bonds. The summed E-state index contributed by atoms with van der Waals surface area (Å²) >= 11 is 3.70. The summed E-state index contributed by atoms with van der Waals surface area (Å²) in [7, 11) is 0. The van der Waals surface area contributed by atoms with E-state index < -0.39 is 0 Å². The summed E-state index contributed by atoms with van der Waals surface area (Å²) < 4.78 is 0. The first-order valence-electron chi connectivity index (χ1n) is 6.01. The highest BCUT2D eigenvalue weighted by Crippen LogP contribution is 2.18. The fourth-order valence-corrected chi connectivity index (χ4v) is 2.53. The second-order valence-electron chi connectivity index (χ2n) is 4.20. The second kappa shape index (κ2) is 6.99. The van der Waals surface area contributed by atoms with Gasteiger partial charge >= 0.3 is 0 Å². The zero-order valence-corrected chi connectivity index (χ0v) is 13.7. The van der Waals surface area contributed by atoms with Crippen LogP contribution in [0.25, 0.3) is 11.4 Å². The molecule has 0 radical (unpaired) electrons. The van der Waals surface area contributed by atoms with Crippen molar-refractivity contribution in [2.24, 2.45) is 11.5 Å². The van der Waals surface area contributed by atoms with E-state index in [0.717, 1.165) is 5.69 Å². The van der Waals surface area contributed by atoms with Crippen molar-refractivity contribution in [1.29, 1.82) is 0 Å². The molecular formula is C13H14BrN5OS. The maximum Gasteiger partial charge on any atom is 0.191 e. The Hall–Kier alpha value is -1.48. The molecule has 21 heavy (non-hydrogen) atoms. The van der Waals surface area contributed by atoms with Crippen LogP contribution in [0, 0.1) is 6.92 Å². The van der Waals surface area contributed by atoms with Gasteiger partial charge in [-0.2, -0.15) is 0 Å². The summed E-state index contributed by atoms with van der Waals surface area (Å²) in [5.41, 5.74) is 13.4. The topological polar surface area (TPSA) is 108 Å². The quantitative estimate of drug-likeness (QED) is 0.247. The van der Waals surface area contributed by atoms with Crippen LogP contribution in [0.3, 0.4) is 0 Å². The lowest BCUT2D eigenvalue weighted by Gasteiger charge is -2.05. The third-order valence-corrected chi connectivity index (χ3v) is 3.66. The maximum atomic E-state index is 11.7. The van der Waals surface area contributed by atoms with Crippen molar-refractivity contribution in [2.45, 2.75) is 12.1 Å². The standard InChI is InChI=1S/C13H14BrN5OS/c1-7-5-10(19-13(17-7)21-12(15)16)8-3-2-4-9(18-8)11(20)6-14/h2-5,21H,6,15-16H2,1H3. The van der Waals surface area contributed by atoms with E-state index in [4.69, 9.17) is 11.5 Å². The molecule has 0 unspecified atom stereocenters. The van der Waals surface area contributed by atoms with Crippen LogP contribution in [0.5, 0.6) is 0 Å². The molecule has 0 aliphatic carbocycles. The van der Waals surface area contributed by atoms with Crippen molar-refractivity contribution in [1.82, 2.24) is 15.0 Å². The molecule has 0 bridgehead atoms. The van der Waals surface area contributed by atoms with E-state index in [1.807, 2.05) is 6.92 Å². The van der Waals surface area contributed by atoms with Gasteiger partial charge in [0.25, 0.3) is 0 Å². The minimum atomic E-state index is -0.0829. The van der Waals surface area contributed by atoms with E-state index in [2.05, 4.69) is 30.9 Å². The van der Waals surface area contributed by atoms with Crippen LogP contribution in [0.2, 0.25) is 0 Å². The van der Waals surface area contributed by atoms with Crippen LogP contribution in [-0.2, 0) is 0 Å². The fraction of sp³-hybridized carbons (Fsp3) is 0.154. The van der Waals surface area contributed by atoms with Crippen molar-refractivity contribution in [3.63, 3.8) is 0 Å². The van der Waals surface area contributed by atoms with Crippen molar-refractivity contribution in [3.05, 3.63) is 35.7 Å². The third-order valence-electron chi connectivity index (χ3n) is 2.49. The summed E-state index contributed by atoms with van der Waals surface area (Å²) in [6, 6.07) is 7.04. The van der Waals surface area contributed by atoms with Gasteiger partial charge in [0, 0.05) is 5.69 Å². The number of carbonyl (C=O) groups excluding carboxylic acids is 1. The number of nitrogens with zero attached hydrogens (tertiary/aromatic N) is 3. The number of hydrogen-bond acceptors (Lipinski definition) is 4. The molecule has 2 aromatic rings. The van der Waals surface area contributed by atoms with Gasteiger partial charge in [-0.25, -0.2) is 15.0 Å². The number of halogens is 1. The molecule has 2 rings (SSSR count). The molecule has 0 saturated heterocycles. The lowest BCUT2D eigenvalue weighted by molar-refractivity contribution is 0.101. The zero-order chi connectivity index (χ0) is 15.4. The second-order valence-corrected chi connectivity index (χ2v) is 5.90. The van der Waals surface area contributed by atoms with Crippen LogP contribution in [-0.4, -0.2) is 31.2 Å². The molecule has 2 aromatic heterocycles. The lowest BCUT2D eigenvalue weighted by atomic mass is 10.2. The van der Waals surface area contributed by atoms with E-state index >= 15 is 0 Å². The Morgan fingerprint density at radius 1 is 1.24 bits per heavy atom. The predicted molar refractivity (Wildman–Crippen MR) is 88.8 cm³/mol. The normalized spacial score (nSPS) is 10.5. The number of aryl methyl sites for hydroxylation is 1. The number of Topliss-reactive ketones (excluding diaryl/α,β-unsaturated/α-hetero) is 1. The van der Waals surface area contributed by atoms with Crippen molar-refractivity contribution in [2.75, 3.05) is 5.33 Å². The average molecular weight is 368 g/mol. The first-order chi connectivity index (χ1) is 9.99. The monoisotopic (exact) mass is 367 g/mol. The van der Waals surface area contributed by atoms with Gasteiger partial charge in [-0.3, -0.25) is 16.3 Å². The Morgan fingerprint density at radius 2 is 2.00 bits per heavy atom. The summed E-state index contributed by atoms with van der Waals surface area (Å²) in [5, 5.41) is 0.959. The Labute approximate surface area is 134 Å².